The summed E-state index contributed by atoms with van der Waals surface area (Å²) >= 11 is 1.23. The summed E-state index contributed by atoms with van der Waals surface area (Å²) in [5, 5.41) is 7.26. The number of fused-ring (bicyclic) bond motifs is 1. The number of nitrogens with one attached hydrogen (secondary N) is 1. The van der Waals surface area contributed by atoms with Crippen molar-refractivity contribution in [2.24, 2.45) is 0 Å². The first-order valence-electron chi connectivity index (χ1n) is 9.69. The number of thiazole rings is 1. The van der Waals surface area contributed by atoms with Crippen LogP contribution in [0.2, 0.25) is 0 Å². The fraction of sp³-hybridized carbons (Fsp3) is 0.200. The number of pyridine rings is 1. The van der Waals surface area contributed by atoms with Gasteiger partial charge in [0.05, 0.1) is 20.7 Å². The van der Waals surface area contributed by atoms with Crippen LogP contribution in [-0.2, 0) is 10.0 Å². The highest BCUT2D eigenvalue weighted by molar-refractivity contribution is 7.89. The summed E-state index contributed by atoms with van der Waals surface area (Å²) in [6, 6.07) is 10.0. The zero-order chi connectivity index (χ0) is 21.4. The van der Waals surface area contributed by atoms with Crippen molar-refractivity contribution in [1.82, 2.24) is 24.1 Å². The highest BCUT2D eigenvalue weighted by Crippen LogP contribution is 2.30. The molecule has 9 nitrogen and oxygen atoms in total. The summed E-state index contributed by atoms with van der Waals surface area (Å²) in [4.78, 5) is 21.5. The summed E-state index contributed by atoms with van der Waals surface area (Å²) in [7, 11) is -3.50. The topological polar surface area (TPSA) is 110 Å². The second-order valence-corrected chi connectivity index (χ2v) is 10.0. The normalized spacial score (nSPS) is 14.8. The Hall–Kier alpha value is -3.15. The molecule has 0 aliphatic carbocycles. The molecule has 1 N–H and O–H groups in total. The van der Waals surface area contributed by atoms with Crippen molar-refractivity contribution >= 4 is 42.6 Å². The molecule has 0 saturated carbocycles. The van der Waals surface area contributed by atoms with E-state index >= 15 is 0 Å². The lowest BCUT2D eigenvalue weighted by atomic mass is 10.2. The fourth-order valence-electron chi connectivity index (χ4n) is 3.43. The van der Waals surface area contributed by atoms with Crippen LogP contribution in [0.15, 0.2) is 59.9 Å². The van der Waals surface area contributed by atoms with E-state index in [0.717, 1.165) is 12.8 Å². The van der Waals surface area contributed by atoms with E-state index in [9.17, 15) is 13.2 Å². The molecule has 1 aliphatic heterocycles. The van der Waals surface area contributed by atoms with Crippen molar-refractivity contribution < 1.29 is 13.2 Å². The molecule has 1 fully saturated rings. The van der Waals surface area contributed by atoms with Gasteiger partial charge in [-0.1, -0.05) is 11.3 Å². The van der Waals surface area contributed by atoms with Gasteiger partial charge in [-0.15, -0.1) is 0 Å². The average molecular weight is 455 g/mol. The minimum Gasteiger partial charge on any atom is -0.298 e. The third-order valence-corrected chi connectivity index (χ3v) is 7.86. The molecule has 0 unspecified atom stereocenters. The molecule has 0 bridgehead atoms. The molecule has 5 rings (SSSR count). The molecule has 1 aliphatic rings. The number of hydrogen-bond donors (Lipinski definition) is 1. The molecule has 1 amide bonds. The first kappa shape index (κ1) is 19.8. The Bertz CT molecular complexity index is 1340. The van der Waals surface area contributed by atoms with E-state index in [-0.39, 0.29) is 10.8 Å². The van der Waals surface area contributed by atoms with Gasteiger partial charge in [-0.2, -0.15) is 9.40 Å². The van der Waals surface area contributed by atoms with Crippen LogP contribution in [0.1, 0.15) is 23.2 Å². The molecule has 4 aromatic rings. The molecular formula is C20H18N6O3S2. The van der Waals surface area contributed by atoms with Crippen molar-refractivity contribution in [3.05, 3.63) is 60.6 Å². The number of sulfonamides is 1. The second-order valence-electron chi connectivity index (χ2n) is 7.07. The molecule has 0 spiro atoms. The highest BCUT2D eigenvalue weighted by Gasteiger charge is 2.27. The molecule has 1 saturated heterocycles. The minimum atomic E-state index is -3.50. The van der Waals surface area contributed by atoms with Gasteiger partial charge in [-0.25, -0.2) is 23.1 Å². The van der Waals surface area contributed by atoms with Gasteiger partial charge in [0, 0.05) is 31.7 Å². The molecule has 11 heteroatoms. The van der Waals surface area contributed by atoms with Crippen LogP contribution in [0.4, 0.5) is 5.13 Å². The maximum atomic E-state index is 12.8. The summed E-state index contributed by atoms with van der Waals surface area (Å²) in [6.07, 6.45) is 6.66. The van der Waals surface area contributed by atoms with E-state index in [1.807, 2.05) is 0 Å². The van der Waals surface area contributed by atoms with Gasteiger partial charge in [-0.3, -0.25) is 10.1 Å². The Morgan fingerprint density at radius 1 is 1.13 bits per heavy atom. The predicted octanol–water partition coefficient (Wildman–Crippen LogP) is 2.91. The van der Waals surface area contributed by atoms with Crippen molar-refractivity contribution in [3.8, 4) is 5.82 Å². The van der Waals surface area contributed by atoms with E-state index in [1.54, 1.807) is 53.5 Å². The first-order chi connectivity index (χ1) is 15.0. The average Bonchev–Trinajstić information content (AvgIpc) is 3.55. The van der Waals surface area contributed by atoms with Gasteiger partial charge in [0.1, 0.15) is 0 Å². The van der Waals surface area contributed by atoms with Crippen LogP contribution in [-0.4, -0.2) is 51.5 Å². The fourth-order valence-corrected chi connectivity index (χ4v) is 5.94. The number of rotatable bonds is 5. The van der Waals surface area contributed by atoms with Gasteiger partial charge >= 0.3 is 0 Å². The minimum absolute atomic E-state index is 0.252. The Labute approximate surface area is 182 Å². The van der Waals surface area contributed by atoms with E-state index in [4.69, 9.17) is 0 Å². The number of carbonyl (C=O) groups is 1. The number of hydrogen-bond acceptors (Lipinski definition) is 7. The number of carbonyl (C=O) groups excluding carboxylic acids is 1. The molecule has 158 valence electrons. The lowest BCUT2D eigenvalue weighted by molar-refractivity contribution is 0.102. The van der Waals surface area contributed by atoms with Gasteiger partial charge in [-0.05, 0) is 49.2 Å². The van der Waals surface area contributed by atoms with E-state index in [2.05, 4.69) is 20.4 Å². The third kappa shape index (κ3) is 3.82. The lowest BCUT2D eigenvalue weighted by Gasteiger charge is -2.15. The summed E-state index contributed by atoms with van der Waals surface area (Å²) < 4.78 is 29.4. The van der Waals surface area contributed by atoms with Crippen molar-refractivity contribution in [2.75, 3.05) is 18.4 Å². The molecule has 3 aromatic heterocycles. The van der Waals surface area contributed by atoms with E-state index < -0.39 is 10.0 Å². The summed E-state index contributed by atoms with van der Waals surface area (Å²) in [6.45, 7) is 1.11. The van der Waals surface area contributed by atoms with Crippen LogP contribution in [0, 0.1) is 0 Å². The molecular weight excluding hydrogens is 436 g/mol. The monoisotopic (exact) mass is 454 g/mol. The predicted molar refractivity (Wildman–Crippen MR) is 117 cm³/mol. The zero-order valence-electron chi connectivity index (χ0n) is 16.3. The molecule has 0 radical (unpaired) electrons. The van der Waals surface area contributed by atoms with Crippen molar-refractivity contribution in [2.45, 2.75) is 17.7 Å². The molecule has 1 aromatic carbocycles. The van der Waals surface area contributed by atoms with Crippen LogP contribution < -0.4 is 5.32 Å². The van der Waals surface area contributed by atoms with Crippen LogP contribution >= 0.6 is 11.3 Å². The Kier molecular flexibility index (Phi) is 5.00. The zero-order valence-corrected chi connectivity index (χ0v) is 17.9. The molecule has 31 heavy (non-hydrogen) atoms. The van der Waals surface area contributed by atoms with Crippen molar-refractivity contribution in [3.63, 3.8) is 0 Å². The van der Waals surface area contributed by atoms with Crippen LogP contribution in [0.3, 0.4) is 0 Å². The highest BCUT2D eigenvalue weighted by atomic mass is 32.2. The first-order valence-corrected chi connectivity index (χ1v) is 11.9. The van der Waals surface area contributed by atoms with E-state index in [1.165, 1.54) is 21.8 Å². The Morgan fingerprint density at radius 2 is 1.97 bits per heavy atom. The molecule has 0 atom stereocenters. The standard InChI is InChI=1S/C20H18N6O3S2/c27-19(14-4-7-18(21-13-14)26-11-3-8-22-26)24-20-23-16-6-5-15(12-17(16)30-20)31(28,29)25-9-1-2-10-25/h3-8,11-13H,1-2,9-10H2,(H,23,24,27). The number of aromatic nitrogens is 4. The van der Waals surface area contributed by atoms with Gasteiger partial charge in [0.25, 0.3) is 5.91 Å². The Balaban J connectivity index is 1.35. The maximum Gasteiger partial charge on any atom is 0.259 e. The Morgan fingerprint density at radius 3 is 2.68 bits per heavy atom. The lowest BCUT2D eigenvalue weighted by Crippen LogP contribution is -2.27. The third-order valence-electron chi connectivity index (χ3n) is 5.03. The number of anilines is 1. The molecule has 4 heterocycles. The van der Waals surface area contributed by atoms with Gasteiger partial charge < -0.3 is 0 Å². The number of amides is 1. The van der Waals surface area contributed by atoms with Gasteiger partial charge in [0.15, 0.2) is 10.9 Å². The number of nitrogens with zero attached hydrogens (tertiary/aromatic N) is 5. The summed E-state index contributed by atoms with van der Waals surface area (Å²) in [5.74, 6) is 0.261. The maximum absolute atomic E-state index is 12.8. The van der Waals surface area contributed by atoms with Gasteiger partial charge in [0.2, 0.25) is 10.0 Å². The van der Waals surface area contributed by atoms with Crippen molar-refractivity contribution in [1.29, 1.82) is 0 Å². The smallest absolute Gasteiger partial charge is 0.259 e. The van der Waals surface area contributed by atoms with Crippen LogP contribution in [0.25, 0.3) is 16.0 Å². The SMILES string of the molecule is O=C(Nc1nc2ccc(S(=O)(=O)N3CCCC3)cc2s1)c1ccc(-n2cccn2)nc1. The van der Waals surface area contributed by atoms with Crippen LogP contribution in [0.5, 0.6) is 0 Å². The summed E-state index contributed by atoms with van der Waals surface area (Å²) in [5.41, 5.74) is 1.01. The second kappa shape index (κ2) is 7.84. The quantitative estimate of drug-likeness (QED) is 0.496. The largest absolute Gasteiger partial charge is 0.298 e. The number of benzene rings is 1. The van der Waals surface area contributed by atoms with E-state index in [0.29, 0.717) is 39.8 Å².